The fraction of sp³-hybridized carbons (Fsp3) is 0.529. The maximum Gasteiger partial charge on any atom is 0.410 e. The maximum absolute atomic E-state index is 12.3. The molecule has 6 nitrogen and oxygen atoms in total. The lowest BCUT2D eigenvalue weighted by molar-refractivity contribution is -0.116. The number of nitrogens with one attached hydrogen (secondary N) is 1. The molecule has 2 aliphatic heterocycles. The largest absolute Gasteiger partial charge is 0.444 e. The molecule has 0 aromatic heterocycles. The Morgan fingerprint density at radius 3 is 2.60 bits per heavy atom. The van der Waals surface area contributed by atoms with Gasteiger partial charge in [-0.15, -0.1) is 0 Å². The molecule has 1 fully saturated rings. The summed E-state index contributed by atoms with van der Waals surface area (Å²) in [6.07, 6.45) is -0.0744. The van der Waals surface area contributed by atoms with Crippen molar-refractivity contribution in [3.05, 3.63) is 22.2 Å². The van der Waals surface area contributed by atoms with Crippen LogP contribution >= 0.6 is 23.2 Å². The Labute approximate surface area is 157 Å². The van der Waals surface area contributed by atoms with Gasteiger partial charge in [-0.05, 0) is 32.9 Å². The number of ether oxygens (including phenoxy) is 1. The highest BCUT2D eigenvalue weighted by atomic mass is 35.5. The molecular formula is C17H21Cl2N3O3. The highest BCUT2D eigenvalue weighted by Gasteiger charge is 2.36. The average molecular weight is 386 g/mol. The van der Waals surface area contributed by atoms with Crippen LogP contribution in [0.5, 0.6) is 0 Å². The number of hydrogen-bond acceptors (Lipinski definition) is 4. The molecule has 1 aromatic carbocycles. The van der Waals surface area contributed by atoms with Gasteiger partial charge < -0.3 is 19.9 Å². The van der Waals surface area contributed by atoms with Crippen LogP contribution in [0, 0.1) is 0 Å². The number of carbonyl (C=O) groups is 2. The number of nitrogens with zero attached hydrogens (tertiary/aromatic N) is 2. The van der Waals surface area contributed by atoms with Crippen LogP contribution in [0.4, 0.5) is 16.2 Å². The predicted octanol–water partition coefficient (Wildman–Crippen LogP) is 3.76. The number of hydrogen-bond donors (Lipinski definition) is 1. The Hall–Kier alpha value is -1.66. The summed E-state index contributed by atoms with van der Waals surface area (Å²) >= 11 is 12.2. The zero-order valence-electron chi connectivity index (χ0n) is 14.4. The van der Waals surface area contributed by atoms with Gasteiger partial charge in [-0.2, -0.15) is 0 Å². The second kappa shape index (κ2) is 6.57. The molecule has 1 saturated heterocycles. The molecule has 8 heteroatoms. The van der Waals surface area contributed by atoms with Gasteiger partial charge in [0.25, 0.3) is 0 Å². The van der Waals surface area contributed by atoms with Crippen molar-refractivity contribution >= 4 is 46.6 Å². The van der Waals surface area contributed by atoms with E-state index in [0.29, 0.717) is 35.4 Å². The second-order valence-electron chi connectivity index (χ2n) is 7.31. The van der Waals surface area contributed by atoms with E-state index in [9.17, 15) is 9.59 Å². The molecule has 0 bridgehead atoms. The van der Waals surface area contributed by atoms with Crippen molar-refractivity contribution < 1.29 is 14.3 Å². The standard InChI is InChI=1S/C17H21Cl2N3O3/c1-17(2,3)25-16(24)21-4-5-22-10(9-21)6-15(23)20-13-7-11(18)12(19)8-14(13)22/h7-8,10H,4-6,9H2,1-3H3,(H,20,23)/t10-/m0/s1. The molecule has 1 aromatic rings. The molecule has 0 aliphatic carbocycles. The van der Waals surface area contributed by atoms with E-state index in [4.69, 9.17) is 27.9 Å². The summed E-state index contributed by atoms with van der Waals surface area (Å²) in [5, 5.41) is 3.70. The molecule has 0 radical (unpaired) electrons. The van der Waals surface area contributed by atoms with Gasteiger partial charge in [0.2, 0.25) is 5.91 Å². The minimum Gasteiger partial charge on any atom is -0.444 e. The van der Waals surface area contributed by atoms with E-state index in [1.54, 1.807) is 17.0 Å². The van der Waals surface area contributed by atoms with Crippen LogP contribution < -0.4 is 10.2 Å². The average Bonchev–Trinajstić information content (AvgIpc) is 2.61. The summed E-state index contributed by atoms with van der Waals surface area (Å²) in [5.41, 5.74) is 0.924. The first-order chi connectivity index (χ1) is 11.6. The monoisotopic (exact) mass is 385 g/mol. The molecule has 0 spiro atoms. The number of halogens is 2. The highest BCUT2D eigenvalue weighted by Crippen LogP contribution is 2.38. The van der Waals surface area contributed by atoms with Crippen molar-refractivity contribution in [2.45, 2.75) is 38.8 Å². The first-order valence-electron chi connectivity index (χ1n) is 8.17. The third kappa shape index (κ3) is 3.96. The summed E-state index contributed by atoms with van der Waals surface area (Å²) in [4.78, 5) is 28.4. The maximum atomic E-state index is 12.3. The fourth-order valence-corrected chi connectivity index (χ4v) is 3.45. The van der Waals surface area contributed by atoms with Gasteiger partial charge in [-0.25, -0.2) is 4.79 Å². The lowest BCUT2D eigenvalue weighted by atomic mass is 10.1. The van der Waals surface area contributed by atoms with E-state index >= 15 is 0 Å². The summed E-state index contributed by atoms with van der Waals surface area (Å²) in [6.45, 7) is 7.03. The van der Waals surface area contributed by atoms with Crippen LogP contribution in [0.3, 0.4) is 0 Å². The van der Waals surface area contributed by atoms with E-state index < -0.39 is 5.60 Å². The summed E-state index contributed by atoms with van der Waals surface area (Å²) in [7, 11) is 0. The summed E-state index contributed by atoms with van der Waals surface area (Å²) < 4.78 is 5.45. The molecule has 3 rings (SSSR count). The van der Waals surface area contributed by atoms with Gasteiger partial charge >= 0.3 is 6.09 Å². The molecule has 0 saturated carbocycles. The van der Waals surface area contributed by atoms with Crippen LogP contribution in [0.15, 0.2) is 12.1 Å². The second-order valence-corrected chi connectivity index (χ2v) is 8.12. The number of fused-ring (bicyclic) bond motifs is 3. The molecule has 2 heterocycles. The normalized spacial score (nSPS) is 20.4. The molecule has 1 N–H and O–H groups in total. The van der Waals surface area contributed by atoms with Crippen molar-refractivity contribution in [2.75, 3.05) is 29.9 Å². The van der Waals surface area contributed by atoms with Gasteiger partial charge in [-0.1, -0.05) is 23.2 Å². The zero-order valence-corrected chi connectivity index (χ0v) is 15.9. The Morgan fingerprint density at radius 2 is 1.92 bits per heavy atom. The Kier molecular flexibility index (Phi) is 4.77. The minimum atomic E-state index is -0.550. The van der Waals surface area contributed by atoms with Gasteiger partial charge in [0.15, 0.2) is 0 Å². The van der Waals surface area contributed by atoms with Gasteiger partial charge in [-0.3, -0.25) is 4.79 Å². The molecule has 0 unspecified atom stereocenters. The van der Waals surface area contributed by atoms with Crippen LogP contribution in [0.1, 0.15) is 27.2 Å². The quantitative estimate of drug-likeness (QED) is 0.738. The predicted molar refractivity (Wildman–Crippen MR) is 98.6 cm³/mol. The van der Waals surface area contributed by atoms with Crippen LogP contribution in [0.25, 0.3) is 0 Å². The Balaban J connectivity index is 1.85. The molecule has 1 atom stereocenters. The van der Waals surface area contributed by atoms with Crippen LogP contribution in [-0.4, -0.2) is 48.2 Å². The van der Waals surface area contributed by atoms with Crippen molar-refractivity contribution in [3.63, 3.8) is 0 Å². The Bertz CT molecular complexity index is 718. The summed E-state index contributed by atoms with van der Waals surface area (Å²) in [6, 6.07) is 3.29. The van der Waals surface area contributed by atoms with E-state index in [1.165, 1.54) is 0 Å². The lowest BCUT2D eigenvalue weighted by Gasteiger charge is -2.42. The van der Waals surface area contributed by atoms with E-state index in [0.717, 1.165) is 5.69 Å². The Morgan fingerprint density at radius 1 is 1.24 bits per heavy atom. The van der Waals surface area contributed by atoms with Gasteiger partial charge in [0.05, 0.1) is 27.5 Å². The lowest BCUT2D eigenvalue weighted by Crippen LogP contribution is -2.55. The number of carbonyl (C=O) groups excluding carboxylic acids is 2. The first kappa shape index (κ1) is 18.1. The minimum absolute atomic E-state index is 0.113. The van der Waals surface area contributed by atoms with E-state index in [-0.39, 0.29) is 24.5 Å². The number of anilines is 2. The number of rotatable bonds is 0. The smallest absolute Gasteiger partial charge is 0.410 e. The van der Waals surface area contributed by atoms with Crippen LogP contribution in [0.2, 0.25) is 10.0 Å². The van der Waals surface area contributed by atoms with Crippen molar-refractivity contribution in [3.8, 4) is 0 Å². The fourth-order valence-electron chi connectivity index (χ4n) is 3.13. The SMILES string of the molecule is CC(C)(C)OC(=O)N1CCN2c3cc(Cl)c(Cl)cc3NC(=O)C[C@H]2C1. The molecule has 2 amide bonds. The van der Waals surface area contributed by atoms with Gasteiger partial charge in [0, 0.05) is 26.1 Å². The van der Waals surface area contributed by atoms with E-state index in [1.807, 2.05) is 20.8 Å². The topological polar surface area (TPSA) is 61.9 Å². The number of piperazine rings is 1. The highest BCUT2D eigenvalue weighted by molar-refractivity contribution is 6.42. The summed E-state index contributed by atoms with van der Waals surface area (Å²) in [5.74, 6) is -0.113. The van der Waals surface area contributed by atoms with Gasteiger partial charge in [0.1, 0.15) is 5.60 Å². The number of amides is 2. The third-order valence-corrected chi connectivity index (χ3v) is 4.90. The molecule has 25 heavy (non-hydrogen) atoms. The van der Waals surface area contributed by atoms with Crippen LogP contribution in [-0.2, 0) is 9.53 Å². The molecule has 136 valence electrons. The van der Waals surface area contributed by atoms with E-state index in [2.05, 4.69) is 10.2 Å². The molecule has 2 aliphatic rings. The van der Waals surface area contributed by atoms with Crippen molar-refractivity contribution in [1.82, 2.24) is 4.90 Å². The third-order valence-electron chi connectivity index (χ3n) is 4.18. The van der Waals surface area contributed by atoms with Crippen molar-refractivity contribution in [1.29, 1.82) is 0 Å². The first-order valence-corrected chi connectivity index (χ1v) is 8.93. The molecular weight excluding hydrogens is 365 g/mol. The zero-order chi connectivity index (χ0) is 18.4. The number of benzene rings is 1. The van der Waals surface area contributed by atoms with Crippen molar-refractivity contribution in [2.24, 2.45) is 0 Å².